The van der Waals surface area contributed by atoms with Crippen LogP contribution in [0.1, 0.15) is 31.9 Å². The molecule has 3 heteroatoms. The molecule has 0 radical (unpaired) electrons. The number of nitrogens with one attached hydrogen (secondary N) is 1. The van der Waals surface area contributed by atoms with Gasteiger partial charge in [-0.05, 0) is 58.6 Å². The van der Waals surface area contributed by atoms with Crippen LogP contribution >= 0.6 is 0 Å². The maximum atomic E-state index is 5.25. The zero-order valence-corrected chi connectivity index (χ0v) is 12.2. The van der Waals surface area contributed by atoms with Crippen LogP contribution in [0.5, 0.6) is 5.75 Å². The lowest BCUT2D eigenvalue weighted by Gasteiger charge is -2.22. The second-order valence-corrected chi connectivity index (χ2v) is 5.16. The molecule has 1 aromatic rings. The Morgan fingerprint density at radius 1 is 1.28 bits per heavy atom. The molecule has 0 fully saturated rings. The molecular weight excluding hydrogens is 224 g/mol. The molecule has 1 aromatic carbocycles. The first-order valence-corrected chi connectivity index (χ1v) is 6.57. The summed E-state index contributed by atoms with van der Waals surface area (Å²) >= 11 is 0. The van der Waals surface area contributed by atoms with Crippen molar-refractivity contribution in [2.75, 3.05) is 27.7 Å². The zero-order chi connectivity index (χ0) is 13.5. The van der Waals surface area contributed by atoms with Crippen molar-refractivity contribution >= 4 is 0 Å². The van der Waals surface area contributed by atoms with E-state index < -0.39 is 0 Å². The second kappa shape index (κ2) is 7.39. The number of hydrogen-bond donors (Lipinski definition) is 1. The molecule has 0 aromatic heterocycles. The molecule has 0 spiro atoms. The van der Waals surface area contributed by atoms with Crippen LogP contribution in [0.25, 0.3) is 0 Å². The number of rotatable bonds is 7. The number of hydrogen-bond acceptors (Lipinski definition) is 3. The monoisotopic (exact) mass is 250 g/mol. The summed E-state index contributed by atoms with van der Waals surface area (Å²) in [5.41, 5.74) is 1.27. The number of methoxy groups -OCH3 is 1. The van der Waals surface area contributed by atoms with E-state index in [0.717, 1.165) is 18.7 Å². The molecule has 0 aliphatic heterocycles. The van der Waals surface area contributed by atoms with Crippen molar-refractivity contribution in [1.29, 1.82) is 0 Å². The van der Waals surface area contributed by atoms with Crippen LogP contribution < -0.4 is 10.1 Å². The fraction of sp³-hybridized carbons (Fsp3) is 0.600. The average molecular weight is 250 g/mol. The van der Waals surface area contributed by atoms with Crippen LogP contribution in [-0.2, 0) is 0 Å². The molecule has 0 heterocycles. The molecule has 18 heavy (non-hydrogen) atoms. The van der Waals surface area contributed by atoms with Gasteiger partial charge in [0, 0.05) is 12.1 Å². The Morgan fingerprint density at radius 3 is 2.61 bits per heavy atom. The number of nitrogens with zero attached hydrogens (tertiary/aromatic N) is 1. The van der Waals surface area contributed by atoms with Crippen molar-refractivity contribution < 1.29 is 4.74 Å². The lowest BCUT2D eigenvalue weighted by molar-refractivity contribution is 0.354. The minimum atomic E-state index is 0.345. The lowest BCUT2D eigenvalue weighted by atomic mass is 10.1. The van der Waals surface area contributed by atoms with E-state index in [1.54, 1.807) is 7.11 Å². The first kappa shape index (κ1) is 15.0. The van der Waals surface area contributed by atoms with Gasteiger partial charge in [0.15, 0.2) is 0 Å². The Bertz CT molecular complexity index is 352. The Kier molecular flexibility index (Phi) is 6.16. The van der Waals surface area contributed by atoms with Gasteiger partial charge < -0.3 is 15.0 Å². The maximum absolute atomic E-state index is 5.25. The minimum Gasteiger partial charge on any atom is -0.497 e. The van der Waals surface area contributed by atoms with Gasteiger partial charge in [-0.3, -0.25) is 0 Å². The van der Waals surface area contributed by atoms with Crippen LogP contribution in [0.3, 0.4) is 0 Å². The summed E-state index contributed by atoms with van der Waals surface area (Å²) in [6.45, 7) is 5.54. The quantitative estimate of drug-likeness (QED) is 0.805. The highest BCUT2D eigenvalue weighted by molar-refractivity contribution is 5.30. The lowest BCUT2D eigenvalue weighted by Crippen LogP contribution is -2.31. The predicted molar refractivity (Wildman–Crippen MR) is 77.2 cm³/mol. The van der Waals surface area contributed by atoms with Crippen molar-refractivity contribution in [2.24, 2.45) is 0 Å². The Morgan fingerprint density at radius 2 is 2.00 bits per heavy atom. The predicted octanol–water partition coefficient (Wildman–Crippen LogP) is 2.69. The van der Waals surface area contributed by atoms with E-state index in [9.17, 15) is 0 Å². The minimum absolute atomic E-state index is 0.345. The van der Waals surface area contributed by atoms with E-state index in [1.165, 1.54) is 5.56 Å². The maximum Gasteiger partial charge on any atom is 0.119 e. The summed E-state index contributed by atoms with van der Waals surface area (Å²) in [6, 6.07) is 9.10. The summed E-state index contributed by atoms with van der Waals surface area (Å²) < 4.78 is 5.25. The van der Waals surface area contributed by atoms with E-state index in [-0.39, 0.29) is 0 Å². The third-order valence-corrected chi connectivity index (χ3v) is 3.14. The van der Waals surface area contributed by atoms with Crippen molar-refractivity contribution in [3.8, 4) is 5.75 Å². The molecule has 3 nitrogen and oxygen atoms in total. The van der Waals surface area contributed by atoms with Crippen LogP contribution in [0.4, 0.5) is 0 Å². The fourth-order valence-electron chi connectivity index (χ4n) is 1.97. The van der Waals surface area contributed by atoms with Gasteiger partial charge in [-0.1, -0.05) is 12.1 Å². The van der Waals surface area contributed by atoms with Gasteiger partial charge in [-0.25, -0.2) is 0 Å². The van der Waals surface area contributed by atoms with Crippen molar-refractivity contribution in [3.05, 3.63) is 29.8 Å². The normalized spacial score (nSPS) is 14.6. The van der Waals surface area contributed by atoms with Crippen LogP contribution in [-0.4, -0.2) is 38.7 Å². The molecule has 0 aliphatic rings. The highest BCUT2D eigenvalue weighted by atomic mass is 16.5. The van der Waals surface area contributed by atoms with Gasteiger partial charge in [0.05, 0.1) is 7.11 Å². The van der Waals surface area contributed by atoms with E-state index in [4.69, 9.17) is 4.74 Å². The van der Waals surface area contributed by atoms with Crippen molar-refractivity contribution in [3.63, 3.8) is 0 Å². The Balaban J connectivity index is 2.50. The molecule has 0 saturated carbocycles. The van der Waals surface area contributed by atoms with Crippen molar-refractivity contribution in [2.45, 2.75) is 32.4 Å². The van der Waals surface area contributed by atoms with Crippen LogP contribution in [0.2, 0.25) is 0 Å². The molecule has 1 N–H and O–H groups in total. The first-order valence-electron chi connectivity index (χ1n) is 6.57. The van der Waals surface area contributed by atoms with Gasteiger partial charge in [0.25, 0.3) is 0 Å². The Hall–Kier alpha value is -1.06. The summed E-state index contributed by atoms with van der Waals surface area (Å²) in [5.74, 6) is 0.919. The number of ether oxygens (including phenoxy) is 1. The molecule has 102 valence electrons. The fourth-order valence-corrected chi connectivity index (χ4v) is 1.97. The molecule has 2 atom stereocenters. The summed E-state index contributed by atoms with van der Waals surface area (Å²) in [4.78, 5) is 2.22. The molecule has 1 rings (SSSR count). The van der Waals surface area contributed by atoms with Gasteiger partial charge in [-0.2, -0.15) is 0 Å². The van der Waals surface area contributed by atoms with E-state index in [2.05, 4.69) is 50.3 Å². The van der Waals surface area contributed by atoms with Gasteiger partial charge in [-0.15, -0.1) is 0 Å². The van der Waals surface area contributed by atoms with E-state index >= 15 is 0 Å². The molecule has 0 aliphatic carbocycles. The third-order valence-electron chi connectivity index (χ3n) is 3.14. The highest BCUT2D eigenvalue weighted by Crippen LogP contribution is 2.19. The molecule has 0 saturated heterocycles. The average Bonchev–Trinajstić information content (AvgIpc) is 2.36. The molecule has 2 unspecified atom stereocenters. The standard InChI is InChI=1S/C15H26N2O/c1-12(9-10-17(3)4)16-13(2)14-7-6-8-15(11-14)18-5/h6-8,11-13,16H,9-10H2,1-5H3. The zero-order valence-electron chi connectivity index (χ0n) is 12.2. The molecule has 0 bridgehead atoms. The smallest absolute Gasteiger partial charge is 0.119 e. The topological polar surface area (TPSA) is 24.5 Å². The van der Waals surface area contributed by atoms with Gasteiger partial charge >= 0.3 is 0 Å². The Labute approximate surface area is 111 Å². The second-order valence-electron chi connectivity index (χ2n) is 5.16. The third kappa shape index (κ3) is 5.07. The molecule has 0 amide bonds. The SMILES string of the molecule is COc1cccc(C(C)NC(C)CCN(C)C)c1. The van der Waals surface area contributed by atoms with E-state index in [0.29, 0.717) is 12.1 Å². The van der Waals surface area contributed by atoms with Crippen molar-refractivity contribution in [1.82, 2.24) is 10.2 Å². The summed E-state index contributed by atoms with van der Waals surface area (Å²) in [7, 11) is 5.92. The van der Waals surface area contributed by atoms with Gasteiger partial charge in [0.1, 0.15) is 5.75 Å². The first-order chi connectivity index (χ1) is 8.52. The van der Waals surface area contributed by atoms with E-state index in [1.807, 2.05) is 12.1 Å². The molecular formula is C15H26N2O. The number of benzene rings is 1. The highest BCUT2D eigenvalue weighted by Gasteiger charge is 2.10. The largest absolute Gasteiger partial charge is 0.497 e. The summed E-state index contributed by atoms with van der Waals surface area (Å²) in [5, 5.41) is 3.62. The van der Waals surface area contributed by atoms with Crippen LogP contribution in [0, 0.1) is 0 Å². The summed E-state index contributed by atoms with van der Waals surface area (Å²) in [6.07, 6.45) is 1.15. The van der Waals surface area contributed by atoms with Crippen LogP contribution in [0.15, 0.2) is 24.3 Å². The van der Waals surface area contributed by atoms with Gasteiger partial charge in [0.2, 0.25) is 0 Å².